The van der Waals surface area contributed by atoms with Crippen LogP contribution in [0.15, 0.2) is 0 Å². The number of carbonyl (C=O) groups excluding carboxylic acids is 2. The lowest BCUT2D eigenvalue weighted by atomic mass is 9.79. The molecule has 1 aliphatic heterocycles. The number of nitrogens with one attached hydrogen (secondary N) is 1. The van der Waals surface area contributed by atoms with Gasteiger partial charge in [-0.05, 0) is 24.2 Å². The van der Waals surface area contributed by atoms with E-state index in [4.69, 9.17) is 5.73 Å². The first kappa shape index (κ1) is 17.0. The SMILES string of the molecule is CC(C)CCC(=O)NCC(=O)N1CCC(N)C(C)(C)C1. The van der Waals surface area contributed by atoms with E-state index in [1.165, 1.54) is 0 Å². The molecule has 0 radical (unpaired) electrons. The van der Waals surface area contributed by atoms with Gasteiger partial charge in [0, 0.05) is 25.6 Å². The Hall–Kier alpha value is -1.10. The van der Waals surface area contributed by atoms with Gasteiger partial charge in [0.2, 0.25) is 11.8 Å². The average Bonchev–Trinajstić information content (AvgIpc) is 2.36. The summed E-state index contributed by atoms with van der Waals surface area (Å²) in [5, 5.41) is 2.71. The van der Waals surface area contributed by atoms with Gasteiger partial charge in [-0.15, -0.1) is 0 Å². The van der Waals surface area contributed by atoms with Crippen molar-refractivity contribution in [3.05, 3.63) is 0 Å². The third kappa shape index (κ3) is 5.12. The zero-order valence-corrected chi connectivity index (χ0v) is 13.2. The molecule has 0 aromatic carbocycles. The molecule has 1 rings (SSSR count). The quantitative estimate of drug-likeness (QED) is 0.794. The molecule has 1 unspecified atom stereocenters. The maximum absolute atomic E-state index is 12.1. The van der Waals surface area contributed by atoms with E-state index >= 15 is 0 Å². The van der Waals surface area contributed by atoms with Crippen LogP contribution in [0.25, 0.3) is 0 Å². The molecule has 116 valence electrons. The number of likely N-dealkylation sites (tertiary alicyclic amines) is 1. The van der Waals surface area contributed by atoms with Gasteiger partial charge < -0.3 is 16.0 Å². The number of hydrogen-bond acceptors (Lipinski definition) is 3. The number of hydrogen-bond donors (Lipinski definition) is 2. The minimum atomic E-state index is -0.0600. The molecular formula is C15H29N3O2. The van der Waals surface area contributed by atoms with E-state index in [2.05, 4.69) is 33.0 Å². The highest BCUT2D eigenvalue weighted by Crippen LogP contribution is 2.27. The highest BCUT2D eigenvalue weighted by Gasteiger charge is 2.35. The molecule has 1 saturated heterocycles. The summed E-state index contributed by atoms with van der Waals surface area (Å²) in [7, 11) is 0. The van der Waals surface area contributed by atoms with E-state index in [1.54, 1.807) is 0 Å². The normalized spacial score (nSPS) is 21.9. The predicted octanol–water partition coefficient (Wildman–Crippen LogP) is 1.12. The smallest absolute Gasteiger partial charge is 0.241 e. The van der Waals surface area contributed by atoms with Crippen molar-refractivity contribution in [2.75, 3.05) is 19.6 Å². The van der Waals surface area contributed by atoms with Gasteiger partial charge in [-0.25, -0.2) is 0 Å². The molecule has 1 fully saturated rings. The Labute approximate surface area is 122 Å². The molecule has 5 heteroatoms. The summed E-state index contributed by atoms with van der Waals surface area (Å²) in [6, 6.07) is 0.132. The number of carbonyl (C=O) groups is 2. The Balaban J connectivity index is 2.34. The van der Waals surface area contributed by atoms with Gasteiger partial charge >= 0.3 is 0 Å². The molecule has 5 nitrogen and oxygen atoms in total. The fourth-order valence-corrected chi connectivity index (χ4v) is 2.38. The van der Waals surface area contributed by atoms with Crippen LogP contribution in [0.4, 0.5) is 0 Å². The van der Waals surface area contributed by atoms with E-state index in [0.717, 1.165) is 12.8 Å². The number of piperidine rings is 1. The summed E-state index contributed by atoms with van der Waals surface area (Å²) in [5.41, 5.74) is 6.00. The summed E-state index contributed by atoms with van der Waals surface area (Å²) < 4.78 is 0. The molecule has 2 amide bonds. The Morgan fingerprint density at radius 1 is 1.40 bits per heavy atom. The first-order valence-corrected chi connectivity index (χ1v) is 7.52. The van der Waals surface area contributed by atoms with Crippen molar-refractivity contribution >= 4 is 11.8 Å². The monoisotopic (exact) mass is 283 g/mol. The lowest BCUT2D eigenvalue weighted by Crippen LogP contribution is -2.55. The lowest BCUT2D eigenvalue weighted by molar-refractivity contribution is -0.135. The summed E-state index contributed by atoms with van der Waals surface area (Å²) in [6.45, 7) is 9.77. The second-order valence-corrected chi connectivity index (χ2v) is 6.91. The van der Waals surface area contributed by atoms with Crippen LogP contribution in [0.1, 0.15) is 47.0 Å². The molecule has 0 aromatic heterocycles. The van der Waals surface area contributed by atoms with Crippen molar-refractivity contribution in [3.63, 3.8) is 0 Å². The Morgan fingerprint density at radius 3 is 2.60 bits per heavy atom. The summed E-state index contributed by atoms with van der Waals surface area (Å²) in [5.74, 6) is 0.448. The van der Waals surface area contributed by atoms with Crippen LogP contribution in [0.2, 0.25) is 0 Å². The Kier molecular flexibility index (Phi) is 5.99. The van der Waals surface area contributed by atoms with Crippen molar-refractivity contribution in [2.45, 2.75) is 53.0 Å². The second kappa shape index (κ2) is 7.07. The van der Waals surface area contributed by atoms with Crippen LogP contribution in [0.5, 0.6) is 0 Å². The van der Waals surface area contributed by atoms with E-state index in [-0.39, 0.29) is 29.8 Å². The van der Waals surface area contributed by atoms with Crippen LogP contribution in [-0.4, -0.2) is 42.4 Å². The molecule has 0 saturated carbocycles. The third-order valence-electron chi connectivity index (χ3n) is 4.05. The van der Waals surface area contributed by atoms with Crippen molar-refractivity contribution in [1.82, 2.24) is 10.2 Å². The molecule has 0 aromatic rings. The van der Waals surface area contributed by atoms with Gasteiger partial charge in [-0.3, -0.25) is 9.59 Å². The second-order valence-electron chi connectivity index (χ2n) is 6.91. The van der Waals surface area contributed by atoms with Crippen LogP contribution < -0.4 is 11.1 Å². The fourth-order valence-electron chi connectivity index (χ4n) is 2.38. The first-order valence-electron chi connectivity index (χ1n) is 7.52. The largest absolute Gasteiger partial charge is 0.347 e. The van der Waals surface area contributed by atoms with Crippen LogP contribution in [0, 0.1) is 11.3 Å². The maximum atomic E-state index is 12.1. The summed E-state index contributed by atoms with van der Waals surface area (Å²) in [4.78, 5) is 25.5. The molecule has 1 aliphatic rings. The summed E-state index contributed by atoms with van der Waals surface area (Å²) in [6.07, 6.45) is 2.16. The Morgan fingerprint density at radius 2 is 2.05 bits per heavy atom. The molecule has 0 aliphatic carbocycles. The van der Waals surface area contributed by atoms with Crippen molar-refractivity contribution in [3.8, 4) is 0 Å². The predicted molar refractivity (Wildman–Crippen MR) is 80.0 cm³/mol. The van der Waals surface area contributed by atoms with Gasteiger partial charge in [-0.1, -0.05) is 27.7 Å². The third-order valence-corrected chi connectivity index (χ3v) is 4.05. The van der Waals surface area contributed by atoms with E-state index in [9.17, 15) is 9.59 Å². The highest BCUT2D eigenvalue weighted by molar-refractivity contribution is 5.84. The van der Waals surface area contributed by atoms with Gasteiger partial charge in [0.25, 0.3) is 0 Å². The number of nitrogens with zero attached hydrogens (tertiary/aromatic N) is 1. The van der Waals surface area contributed by atoms with Gasteiger partial charge in [0.15, 0.2) is 0 Å². The van der Waals surface area contributed by atoms with Gasteiger partial charge in [0.1, 0.15) is 0 Å². The first-order chi connectivity index (χ1) is 9.22. The lowest BCUT2D eigenvalue weighted by Gasteiger charge is -2.42. The van der Waals surface area contributed by atoms with Crippen molar-refractivity contribution in [1.29, 1.82) is 0 Å². The average molecular weight is 283 g/mol. The Bertz CT molecular complexity index is 353. The highest BCUT2D eigenvalue weighted by atomic mass is 16.2. The van der Waals surface area contributed by atoms with E-state index < -0.39 is 0 Å². The summed E-state index contributed by atoms with van der Waals surface area (Å²) >= 11 is 0. The van der Waals surface area contributed by atoms with Crippen LogP contribution in [-0.2, 0) is 9.59 Å². The molecule has 0 spiro atoms. The molecule has 20 heavy (non-hydrogen) atoms. The topological polar surface area (TPSA) is 75.4 Å². The zero-order valence-electron chi connectivity index (χ0n) is 13.2. The number of nitrogens with two attached hydrogens (primary N) is 1. The van der Waals surface area contributed by atoms with Gasteiger partial charge in [0.05, 0.1) is 6.54 Å². The molecule has 3 N–H and O–H groups in total. The fraction of sp³-hybridized carbons (Fsp3) is 0.867. The standard InChI is InChI=1S/C15H29N3O2/c1-11(2)5-6-13(19)17-9-14(20)18-8-7-12(16)15(3,4)10-18/h11-12H,5-10,16H2,1-4H3,(H,17,19). The zero-order chi connectivity index (χ0) is 15.3. The molecular weight excluding hydrogens is 254 g/mol. The molecule has 0 bridgehead atoms. The van der Waals surface area contributed by atoms with Crippen molar-refractivity contribution < 1.29 is 9.59 Å². The van der Waals surface area contributed by atoms with E-state index in [0.29, 0.717) is 25.4 Å². The number of rotatable bonds is 5. The van der Waals surface area contributed by atoms with Crippen LogP contribution >= 0.6 is 0 Å². The van der Waals surface area contributed by atoms with E-state index in [1.807, 2.05) is 4.90 Å². The maximum Gasteiger partial charge on any atom is 0.241 e. The molecule has 1 heterocycles. The molecule has 1 atom stereocenters. The van der Waals surface area contributed by atoms with Gasteiger partial charge in [-0.2, -0.15) is 0 Å². The van der Waals surface area contributed by atoms with Crippen LogP contribution in [0.3, 0.4) is 0 Å². The minimum Gasteiger partial charge on any atom is -0.347 e. The number of amides is 2. The van der Waals surface area contributed by atoms with Crippen molar-refractivity contribution in [2.24, 2.45) is 17.1 Å². The minimum absolute atomic E-state index is 0.0112.